The molecule has 0 radical (unpaired) electrons. The summed E-state index contributed by atoms with van der Waals surface area (Å²) in [6.07, 6.45) is 3.61. The van der Waals surface area contributed by atoms with E-state index in [2.05, 4.69) is 53.7 Å². The Hall–Kier alpha value is -1.79. The number of esters is 1. The molecule has 2 aliphatic carbocycles. The van der Waals surface area contributed by atoms with Gasteiger partial charge in [0.25, 0.3) is 0 Å². The third kappa shape index (κ3) is 6.76. The molecule has 0 spiro atoms. The molecule has 6 aliphatic rings. The van der Waals surface area contributed by atoms with E-state index in [0.717, 1.165) is 37.9 Å². The molecule has 6 fully saturated rings. The van der Waals surface area contributed by atoms with Crippen molar-refractivity contribution >= 4 is 5.97 Å². The lowest BCUT2D eigenvalue weighted by molar-refractivity contribution is -0.398. The molecule has 282 valence electrons. The Labute approximate surface area is 298 Å². The smallest absolute Gasteiger partial charge is 0.311 e. The van der Waals surface area contributed by atoms with Gasteiger partial charge in [-0.3, -0.25) is 4.79 Å². The van der Waals surface area contributed by atoms with Gasteiger partial charge in [-0.1, -0.05) is 60.6 Å². The summed E-state index contributed by atoms with van der Waals surface area (Å²) in [5.74, 6) is -1.99. The monoisotopic (exact) mass is 702 g/mol. The van der Waals surface area contributed by atoms with E-state index in [1.54, 1.807) is 13.8 Å². The van der Waals surface area contributed by atoms with E-state index >= 15 is 0 Å². The Balaban J connectivity index is 0.000000187. The van der Waals surface area contributed by atoms with Gasteiger partial charge >= 0.3 is 5.97 Å². The molecule has 4 heterocycles. The maximum Gasteiger partial charge on any atom is 0.311 e. The van der Waals surface area contributed by atoms with E-state index in [4.69, 9.17) is 23.7 Å². The van der Waals surface area contributed by atoms with Gasteiger partial charge in [0.05, 0.1) is 5.92 Å². The zero-order valence-corrected chi connectivity index (χ0v) is 31.6. The van der Waals surface area contributed by atoms with Crippen LogP contribution in [0, 0.1) is 47.3 Å². The summed E-state index contributed by atoms with van der Waals surface area (Å²) in [5.41, 5.74) is -0.954. The summed E-state index contributed by atoms with van der Waals surface area (Å²) < 4.78 is 29.4. The van der Waals surface area contributed by atoms with Crippen molar-refractivity contribution in [2.24, 2.45) is 47.3 Å². The van der Waals surface area contributed by atoms with Gasteiger partial charge < -0.3 is 44.1 Å². The van der Waals surface area contributed by atoms with Crippen molar-refractivity contribution in [2.45, 2.75) is 161 Å². The second kappa shape index (κ2) is 13.3. The fraction of sp³-hybridized carbons (Fsp3) is 0.825. The van der Waals surface area contributed by atoms with Crippen LogP contribution in [0.1, 0.15) is 119 Å². The van der Waals surface area contributed by atoms with Gasteiger partial charge in [0.2, 0.25) is 12.6 Å². The molecule has 7 rings (SSSR count). The van der Waals surface area contributed by atoms with Gasteiger partial charge in [-0.05, 0) is 99.2 Å². The van der Waals surface area contributed by atoms with Crippen LogP contribution in [0.4, 0.5) is 0 Å². The average molecular weight is 703 g/mol. The quantitative estimate of drug-likeness (QED) is 0.271. The molecular weight excluding hydrogens is 640 g/mol. The van der Waals surface area contributed by atoms with E-state index < -0.39 is 41.6 Å². The van der Waals surface area contributed by atoms with Gasteiger partial charge in [-0.15, -0.1) is 0 Å². The minimum Gasteiger partial charge on any atom is -0.465 e. The van der Waals surface area contributed by atoms with Gasteiger partial charge in [0.15, 0.2) is 17.9 Å². The Kier molecular flexibility index (Phi) is 10.1. The van der Waals surface area contributed by atoms with E-state index in [1.807, 2.05) is 19.1 Å². The van der Waals surface area contributed by atoms with Crippen molar-refractivity contribution in [3.05, 3.63) is 29.8 Å². The van der Waals surface area contributed by atoms with Crippen molar-refractivity contribution in [2.75, 3.05) is 0 Å². The van der Waals surface area contributed by atoms with Crippen molar-refractivity contribution in [3.63, 3.8) is 0 Å². The Morgan fingerprint density at radius 1 is 0.700 bits per heavy atom. The molecule has 1 aromatic rings. The standard InChI is InChI=1S/C25H38O5.C15H24O5/c1-15-7-12-20-16(2)21(28-18-10-8-17(9-11-18)23(3,4)5)29-22-25(20,27)19(15)13-14-24(6,26)30-22;1-8-4-5-11-9(2)12(16)19-13-15(11,18)10(8)6-7-14(3,17)20-13/h8-11,15-16,19-22,26-27H,7,12-14H2,1-6H3;8-11,13,17-18H,4-7H2,1-3H3/t15-,16-,19?,20?,21?,22-,24-,25-;8-,9-,10?,11?,13-,14-,15-/m11/s1. The lowest BCUT2D eigenvalue weighted by atomic mass is 9.58. The first-order chi connectivity index (χ1) is 23.2. The van der Waals surface area contributed by atoms with Crippen molar-refractivity contribution < 1.29 is 48.9 Å². The summed E-state index contributed by atoms with van der Waals surface area (Å²) in [6.45, 7) is 18.0. The summed E-state index contributed by atoms with van der Waals surface area (Å²) in [6, 6.07) is 8.13. The zero-order chi connectivity index (χ0) is 36.6. The Morgan fingerprint density at radius 3 is 1.74 bits per heavy atom. The lowest BCUT2D eigenvalue weighted by Crippen LogP contribution is -2.67. The van der Waals surface area contributed by atoms with Crippen LogP contribution < -0.4 is 4.74 Å². The van der Waals surface area contributed by atoms with Crippen LogP contribution >= 0.6 is 0 Å². The highest BCUT2D eigenvalue weighted by Crippen LogP contribution is 2.57. The molecule has 0 amide bonds. The van der Waals surface area contributed by atoms with Gasteiger partial charge in [0, 0.05) is 30.6 Å². The number of benzene rings is 1. The number of rotatable bonds is 2. The summed E-state index contributed by atoms with van der Waals surface area (Å²) >= 11 is 0. The third-order valence-corrected chi connectivity index (χ3v) is 13.4. The van der Waals surface area contributed by atoms with Crippen molar-refractivity contribution in [1.82, 2.24) is 0 Å². The molecule has 15 atom stereocenters. The number of carbonyl (C=O) groups is 1. The largest absolute Gasteiger partial charge is 0.465 e. The highest BCUT2D eigenvalue weighted by atomic mass is 16.8. The predicted molar refractivity (Wildman–Crippen MR) is 185 cm³/mol. The van der Waals surface area contributed by atoms with Crippen LogP contribution in [0.2, 0.25) is 0 Å². The van der Waals surface area contributed by atoms with E-state index in [-0.39, 0.29) is 46.9 Å². The highest BCUT2D eigenvalue weighted by molar-refractivity contribution is 5.74. The Bertz CT molecular complexity index is 1370. The molecular formula is C40H62O10. The zero-order valence-electron chi connectivity index (χ0n) is 31.6. The molecule has 4 N–H and O–H groups in total. The fourth-order valence-corrected chi connectivity index (χ4v) is 10.3. The number of carbonyl (C=O) groups excluding carboxylic acids is 1. The molecule has 1 aromatic carbocycles. The van der Waals surface area contributed by atoms with Gasteiger partial charge in [-0.2, -0.15) is 0 Å². The Morgan fingerprint density at radius 2 is 1.20 bits per heavy atom. The highest BCUT2D eigenvalue weighted by Gasteiger charge is 2.65. The number of hydrogen-bond donors (Lipinski definition) is 4. The summed E-state index contributed by atoms with van der Waals surface area (Å²) in [5, 5.41) is 44.2. The van der Waals surface area contributed by atoms with Crippen molar-refractivity contribution in [3.8, 4) is 5.75 Å². The number of hydrogen-bond acceptors (Lipinski definition) is 10. The molecule has 50 heavy (non-hydrogen) atoms. The molecule has 0 aromatic heterocycles. The second-order valence-corrected chi connectivity index (χ2v) is 18.1. The van der Waals surface area contributed by atoms with Crippen molar-refractivity contribution in [1.29, 1.82) is 0 Å². The maximum absolute atomic E-state index is 12.0. The van der Waals surface area contributed by atoms with Crippen LogP contribution in [0.15, 0.2) is 24.3 Å². The first kappa shape index (κ1) is 38.0. The van der Waals surface area contributed by atoms with E-state index in [1.165, 1.54) is 5.56 Å². The third-order valence-electron chi connectivity index (χ3n) is 13.4. The van der Waals surface area contributed by atoms with Gasteiger partial charge in [0.1, 0.15) is 17.0 Å². The van der Waals surface area contributed by atoms with Gasteiger partial charge in [-0.25, -0.2) is 0 Å². The van der Waals surface area contributed by atoms with Crippen LogP contribution in [-0.4, -0.2) is 68.0 Å². The minimum atomic E-state index is -1.36. The molecule has 10 nitrogen and oxygen atoms in total. The normalized spacial score (nSPS) is 48.7. The van der Waals surface area contributed by atoms with E-state index in [0.29, 0.717) is 31.1 Å². The minimum absolute atomic E-state index is 0.00391. The van der Waals surface area contributed by atoms with E-state index in [9.17, 15) is 25.2 Å². The molecule has 4 saturated heterocycles. The molecule has 4 aliphatic heterocycles. The van der Waals surface area contributed by atoms with Crippen LogP contribution in [0.25, 0.3) is 0 Å². The number of ether oxygens (including phenoxy) is 5. The molecule has 10 heteroatoms. The van der Waals surface area contributed by atoms with Crippen LogP contribution in [0.3, 0.4) is 0 Å². The second-order valence-electron chi connectivity index (χ2n) is 18.1. The average Bonchev–Trinajstić information content (AvgIpc) is 3.19. The molecule has 2 saturated carbocycles. The maximum atomic E-state index is 12.0. The SMILES string of the molecule is C[C@@H]1CCC2[C@@H](C)C(=O)O[C@@H]3O[C@@](C)(O)CCC1[C@@]23O.C[C@H]1C(Oc2ccc(C(C)(C)C)cc2)O[C@@H]2O[C@@](C)(O)CCC3[C@H](C)CCC1[C@]32O. The first-order valence-corrected chi connectivity index (χ1v) is 19.1. The van der Waals surface area contributed by atoms with Crippen LogP contribution in [-0.2, 0) is 29.2 Å². The summed E-state index contributed by atoms with van der Waals surface area (Å²) in [4.78, 5) is 12.0. The first-order valence-electron chi connectivity index (χ1n) is 19.1. The molecule has 5 unspecified atom stereocenters. The molecule has 0 bridgehead atoms. The topological polar surface area (TPSA) is 144 Å². The summed E-state index contributed by atoms with van der Waals surface area (Å²) in [7, 11) is 0. The number of aliphatic hydroxyl groups is 4. The predicted octanol–water partition coefficient (Wildman–Crippen LogP) is 6.01. The van der Waals surface area contributed by atoms with Crippen LogP contribution in [0.5, 0.6) is 5.75 Å². The lowest BCUT2D eigenvalue weighted by Gasteiger charge is -2.57. The fourth-order valence-electron chi connectivity index (χ4n) is 10.3.